The Morgan fingerprint density at radius 2 is 2.31 bits per heavy atom. The highest BCUT2D eigenvalue weighted by atomic mass is 16.4. The van der Waals surface area contributed by atoms with E-state index < -0.39 is 5.91 Å². The van der Waals surface area contributed by atoms with Gasteiger partial charge in [0.15, 0.2) is 5.76 Å². The fourth-order valence-corrected chi connectivity index (χ4v) is 1.13. The second-order valence-corrected chi connectivity index (χ2v) is 3.12. The summed E-state index contributed by atoms with van der Waals surface area (Å²) in [5.74, 6) is 1.08. The molecule has 1 N–H and O–H groups in total. The summed E-state index contributed by atoms with van der Waals surface area (Å²) >= 11 is 0. The normalized spacial score (nSPS) is 10.8. The summed E-state index contributed by atoms with van der Waals surface area (Å²) in [6.45, 7) is 1.77. The number of hydrazone groups is 1. The Bertz CT molecular complexity index is 497. The van der Waals surface area contributed by atoms with Gasteiger partial charge in [0.05, 0.1) is 12.5 Å². The van der Waals surface area contributed by atoms with Gasteiger partial charge in [-0.05, 0) is 31.2 Å². The van der Waals surface area contributed by atoms with E-state index in [4.69, 9.17) is 8.83 Å². The molecule has 0 saturated heterocycles. The Kier molecular flexibility index (Phi) is 2.86. The lowest BCUT2D eigenvalue weighted by atomic mass is 10.4. The molecule has 0 spiro atoms. The number of amides is 1. The molecular weight excluding hydrogens is 208 g/mol. The molecular formula is C11H10N2O3. The van der Waals surface area contributed by atoms with Crippen molar-refractivity contribution in [3.05, 3.63) is 47.8 Å². The average Bonchev–Trinajstić information content (AvgIpc) is 2.89. The highest BCUT2D eigenvalue weighted by Gasteiger charge is 2.07. The Labute approximate surface area is 91.7 Å². The SMILES string of the molecule is Cc1ccc(C(=O)NN=Cc2ccco2)o1. The van der Waals surface area contributed by atoms with Crippen LogP contribution >= 0.6 is 0 Å². The number of hydrogen-bond donors (Lipinski definition) is 1. The molecule has 5 heteroatoms. The van der Waals surface area contributed by atoms with Gasteiger partial charge in [0.1, 0.15) is 11.5 Å². The van der Waals surface area contributed by atoms with E-state index in [9.17, 15) is 4.79 Å². The summed E-state index contributed by atoms with van der Waals surface area (Å²) in [5.41, 5.74) is 2.33. The highest BCUT2D eigenvalue weighted by molar-refractivity contribution is 5.92. The second kappa shape index (κ2) is 4.48. The summed E-state index contributed by atoms with van der Waals surface area (Å²) in [5, 5.41) is 3.72. The summed E-state index contributed by atoms with van der Waals surface area (Å²) in [4.78, 5) is 11.4. The molecule has 2 heterocycles. The number of nitrogens with zero attached hydrogens (tertiary/aromatic N) is 1. The molecule has 0 aliphatic rings. The molecule has 1 amide bonds. The number of furan rings is 2. The Hall–Kier alpha value is -2.30. The number of nitrogens with one attached hydrogen (secondary N) is 1. The van der Waals surface area contributed by atoms with Gasteiger partial charge in [-0.1, -0.05) is 0 Å². The smallest absolute Gasteiger partial charge is 0.307 e. The fraction of sp³-hybridized carbons (Fsp3) is 0.0909. The van der Waals surface area contributed by atoms with Crippen LogP contribution in [0.15, 0.2) is 44.5 Å². The fourth-order valence-electron chi connectivity index (χ4n) is 1.13. The van der Waals surface area contributed by atoms with Crippen LogP contribution < -0.4 is 5.43 Å². The minimum Gasteiger partial charge on any atom is -0.463 e. The summed E-state index contributed by atoms with van der Waals surface area (Å²) < 4.78 is 10.1. The van der Waals surface area contributed by atoms with E-state index in [0.717, 1.165) is 0 Å². The lowest BCUT2D eigenvalue weighted by Gasteiger charge is -1.93. The van der Waals surface area contributed by atoms with Crippen LogP contribution in [0.5, 0.6) is 0 Å². The molecule has 2 aromatic rings. The van der Waals surface area contributed by atoms with E-state index >= 15 is 0 Å². The minimum absolute atomic E-state index is 0.231. The largest absolute Gasteiger partial charge is 0.463 e. The van der Waals surface area contributed by atoms with E-state index in [1.54, 1.807) is 31.2 Å². The van der Waals surface area contributed by atoms with E-state index in [-0.39, 0.29) is 5.76 Å². The minimum atomic E-state index is -0.393. The van der Waals surface area contributed by atoms with Crippen molar-refractivity contribution in [1.29, 1.82) is 0 Å². The van der Waals surface area contributed by atoms with Gasteiger partial charge in [-0.3, -0.25) is 4.79 Å². The first kappa shape index (κ1) is 10.2. The van der Waals surface area contributed by atoms with Gasteiger partial charge in [0, 0.05) is 0 Å². The van der Waals surface area contributed by atoms with E-state index in [1.807, 2.05) is 0 Å². The Morgan fingerprint density at radius 1 is 1.44 bits per heavy atom. The summed E-state index contributed by atoms with van der Waals surface area (Å²) in [7, 11) is 0. The molecule has 0 saturated carbocycles. The number of carbonyl (C=O) groups excluding carboxylic acids is 1. The first-order valence-corrected chi connectivity index (χ1v) is 4.69. The van der Waals surface area contributed by atoms with Gasteiger partial charge in [0.25, 0.3) is 0 Å². The molecule has 16 heavy (non-hydrogen) atoms. The monoisotopic (exact) mass is 218 g/mol. The molecule has 0 radical (unpaired) electrons. The summed E-state index contributed by atoms with van der Waals surface area (Å²) in [6, 6.07) is 6.77. The van der Waals surface area contributed by atoms with Crippen LogP contribution in [0.1, 0.15) is 22.1 Å². The van der Waals surface area contributed by atoms with Gasteiger partial charge >= 0.3 is 5.91 Å². The first-order chi connectivity index (χ1) is 7.75. The van der Waals surface area contributed by atoms with E-state index in [1.165, 1.54) is 12.5 Å². The van der Waals surface area contributed by atoms with Crippen molar-refractivity contribution in [1.82, 2.24) is 5.43 Å². The van der Waals surface area contributed by atoms with Crippen molar-refractivity contribution in [3.63, 3.8) is 0 Å². The zero-order chi connectivity index (χ0) is 11.4. The third-order valence-corrected chi connectivity index (χ3v) is 1.87. The predicted octanol–water partition coefficient (Wildman–Crippen LogP) is 1.94. The van der Waals surface area contributed by atoms with Crippen molar-refractivity contribution in [3.8, 4) is 0 Å². The Morgan fingerprint density at radius 3 is 2.94 bits per heavy atom. The quantitative estimate of drug-likeness (QED) is 0.632. The number of rotatable bonds is 3. The predicted molar refractivity (Wildman–Crippen MR) is 57.2 cm³/mol. The Balaban J connectivity index is 1.94. The number of hydrogen-bond acceptors (Lipinski definition) is 4. The number of carbonyl (C=O) groups is 1. The van der Waals surface area contributed by atoms with Crippen LogP contribution in [0, 0.1) is 6.92 Å². The van der Waals surface area contributed by atoms with Gasteiger partial charge < -0.3 is 8.83 Å². The van der Waals surface area contributed by atoms with Crippen LogP contribution in [0.3, 0.4) is 0 Å². The van der Waals surface area contributed by atoms with Crippen LogP contribution in [-0.2, 0) is 0 Å². The van der Waals surface area contributed by atoms with Gasteiger partial charge in [-0.15, -0.1) is 0 Å². The van der Waals surface area contributed by atoms with Crippen molar-refractivity contribution in [2.45, 2.75) is 6.92 Å². The van der Waals surface area contributed by atoms with Crippen molar-refractivity contribution < 1.29 is 13.6 Å². The lowest BCUT2D eigenvalue weighted by Crippen LogP contribution is -2.16. The maximum Gasteiger partial charge on any atom is 0.307 e. The van der Waals surface area contributed by atoms with E-state index in [2.05, 4.69) is 10.5 Å². The molecule has 0 unspecified atom stereocenters. The molecule has 0 aliphatic heterocycles. The molecule has 0 bridgehead atoms. The van der Waals surface area contributed by atoms with Crippen LogP contribution in [0.25, 0.3) is 0 Å². The zero-order valence-electron chi connectivity index (χ0n) is 8.64. The lowest BCUT2D eigenvalue weighted by molar-refractivity contribution is 0.0926. The third kappa shape index (κ3) is 2.38. The molecule has 5 nitrogen and oxygen atoms in total. The maximum absolute atomic E-state index is 11.4. The molecule has 2 aromatic heterocycles. The van der Waals surface area contributed by atoms with Gasteiger partial charge in [0.2, 0.25) is 0 Å². The van der Waals surface area contributed by atoms with Gasteiger partial charge in [-0.25, -0.2) is 5.43 Å². The maximum atomic E-state index is 11.4. The standard InChI is InChI=1S/C11H10N2O3/c1-8-4-5-10(16-8)11(14)13-12-7-9-3-2-6-15-9/h2-7H,1H3,(H,13,14). The molecule has 0 fully saturated rings. The number of aryl methyl sites for hydroxylation is 1. The van der Waals surface area contributed by atoms with Crippen molar-refractivity contribution in [2.75, 3.05) is 0 Å². The zero-order valence-corrected chi connectivity index (χ0v) is 8.64. The van der Waals surface area contributed by atoms with Crippen LogP contribution in [0.4, 0.5) is 0 Å². The topological polar surface area (TPSA) is 67.7 Å². The molecule has 82 valence electrons. The molecule has 0 atom stereocenters. The first-order valence-electron chi connectivity index (χ1n) is 4.69. The van der Waals surface area contributed by atoms with Gasteiger partial charge in [-0.2, -0.15) is 5.10 Å². The molecule has 0 aliphatic carbocycles. The molecule has 2 rings (SSSR count). The van der Waals surface area contributed by atoms with Crippen LogP contribution in [-0.4, -0.2) is 12.1 Å². The van der Waals surface area contributed by atoms with Crippen molar-refractivity contribution >= 4 is 12.1 Å². The second-order valence-electron chi connectivity index (χ2n) is 3.12. The highest BCUT2D eigenvalue weighted by Crippen LogP contribution is 2.05. The van der Waals surface area contributed by atoms with Crippen molar-refractivity contribution in [2.24, 2.45) is 5.10 Å². The summed E-state index contributed by atoms with van der Waals surface area (Å²) in [6.07, 6.45) is 2.94. The third-order valence-electron chi connectivity index (χ3n) is 1.87. The molecule has 0 aromatic carbocycles. The average molecular weight is 218 g/mol. The van der Waals surface area contributed by atoms with Crippen LogP contribution in [0.2, 0.25) is 0 Å². The van der Waals surface area contributed by atoms with E-state index in [0.29, 0.717) is 11.5 Å².